The molecule has 2 aromatic carbocycles. The number of pyridine rings is 1. The van der Waals surface area contributed by atoms with Crippen molar-refractivity contribution in [2.75, 3.05) is 5.32 Å². The molecule has 168 valence electrons. The standard InChI is InChI=1S/C27H23N5O2/c1-17-11-25(32(31-17)24-7-3-6-22(15-24)28-2)27(34)30-23-13-20(18-8-9-18)12-21(14-23)26(33)19-5-4-10-29-16-19/h3-7,10-16,18,26,33H,8-9H2,1H3,(H,30,34). The monoisotopic (exact) mass is 449 g/mol. The lowest BCUT2D eigenvalue weighted by atomic mass is 9.98. The minimum absolute atomic E-state index is 0.316. The summed E-state index contributed by atoms with van der Waals surface area (Å²) in [7, 11) is 0. The molecule has 1 aliphatic rings. The summed E-state index contributed by atoms with van der Waals surface area (Å²) in [6.07, 6.45) is 4.67. The van der Waals surface area contributed by atoms with Crippen LogP contribution in [-0.2, 0) is 0 Å². The topological polar surface area (TPSA) is 84.4 Å². The fourth-order valence-corrected chi connectivity index (χ4v) is 4.04. The number of rotatable bonds is 6. The van der Waals surface area contributed by atoms with E-state index in [-0.39, 0.29) is 5.91 Å². The van der Waals surface area contributed by atoms with Crippen LogP contribution < -0.4 is 5.32 Å². The minimum Gasteiger partial charge on any atom is -0.384 e. The minimum atomic E-state index is -0.841. The van der Waals surface area contributed by atoms with Crippen LogP contribution in [0.15, 0.2) is 73.1 Å². The van der Waals surface area contributed by atoms with Crippen LogP contribution >= 0.6 is 0 Å². The van der Waals surface area contributed by atoms with Crippen LogP contribution in [0.25, 0.3) is 10.5 Å². The van der Waals surface area contributed by atoms with E-state index in [1.807, 2.05) is 31.2 Å². The first kappa shape index (κ1) is 21.6. The second kappa shape index (κ2) is 8.93. The molecule has 0 bridgehead atoms. The molecule has 1 atom stereocenters. The maximum atomic E-state index is 13.3. The highest BCUT2D eigenvalue weighted by Crippen LogP contribution is 2.42. The maximum absolute atomic E-state index is 13.3. The number of nitrogens with zero attached hydrogens (tertiary/aromatic N) is 4. The van der Waals surface area contributed by atoms with E-state index in [1.54, 1.807) is 53.5 Å². The van der Waals surface area contributed by atoms with Gasteiger partial charge in [0.1, 0.15) is 11.8 Å². The van der Waals surface area contributed by atoms with Crippen LogP contribution in [0.1, 0.15) is 57.7 Å². The Kier molecular flexibility index (Phi) is 5.66. The number of aliphatic hydroxyl groups is 1. The number of amides is 1. The van der Waals surface area contributed by atoms with Gasteiger partial charge in [0, 0.05) is 23.6 Å². The van der Waals surface area contributed by atoms with Gasteiger partial charge in [-0.3, -0.25) is 9.78 Å². The Hall–Kier alpha value is -4.28. The molecule has 0 saturated heterocycles. The highest BCUT2D eigenvalue weighted by molar-refractivity contribution is 6.03. The van der Waals surface area contributed by atoms with Gasteiger partial charge in [0.15, 0.2) is 5.69 Å². The molecule has 1 saturated carbocycles. The molecule has 0 aliphatic heterocycles. The molecular weight excluding hydrogens is 426 g/mol. The molecule has 0 radical (unpaired) electrons. The second-order valence-corrected chi connectivity index (χ2v) is 8.52. The van der Waals surface area contributed by atoms with Crippen molar-refractivity contribution in [3.63, 3.8) is 0 Å². The van der Waals surface area contributed by atoms with E-state index in [2.05, 4.69) is 20.2 Å². The first-order chi connectivity index (χ1) is 16.5. The molecule has 2 heterocycles. The zero-order valence-electron chi connectivity index (χ0n) is 18.6. The van der Waals surface area contributed by atoms with Gasteiger partial charge in [0.05, 0.1) is 18.0 Å². The Bertz CT molecular complexity index is 1400. The number of hydrogen-bond donors (Lipinski definition) is 2. The SMILES string of the molecule is [C-]#[N+]c1cccc(-n2nc(C)cc2C(=O)Nc2cc(C3CC3)cc(C(O)c3cccnc3)c2)c1. The lowest BCUT2D eigenvalue weighted by molar-refractivity contribution is 0.101. The maximum Gasteiger partial charge on any atom is 0.274 e. The molecule has 5 rings (SSSR count). The van der Waals surface area contributed by atoms with Crippen LogP contribution in [0.5, 0.6) is 0 Å². The normalized spacial score (nSPS) is 13.8. The van der Waals surface area contributed by atoms with E-state index < -0.39 is 6.10 Å². The van der Waals surface area contributed by atoms with Crippen molar-refractivity contribution in [1.82, 2.24) is 14.8 Å². The number of anilines is 1. The first-order valence-electron chi connectivity index (χ1n) is 11.1. The number of carbonyl (C=O) groups is 1. The van der Waals surface area contributed by atoms with Crippen molar-refractivity contribution < 1.29 is 9.90 Å². The third-order valence-corrected chi connectivity index (χ3v) is 5.87. The van der Waals surface area contributed by atoms with E-state index in [1.165, 1.54) is 0 Å². The van der Waals surface area contributed by atoms with Crippen molar-refractivity contribution >= 4 is 17.3 Å². The molecule has 1 amide bonds. The number of hydrogen-bond acceptors (Lipinski definition) is 4. The number of benzene rings is 2. The Morgan fingerprint density at radius 3 is 2.74 bits per heavy atom. The number of aryl methyl sites for hydroxylation is 1. The van der Waals surface area contributed by atoms with E-state index in [0.717, 1.165) is 18.4 Å². The predicted octanol–water partition coefficient (Wildman–Crippen LogP) is 5.34. The quantitative estimate of drug-likeness (QED) is 0.389. The van der Waals surface area contributed by atoms with Crippen LogP contribution in [-0.4, -0.2) is 25.8 Å². The number of aliphatic hydroxyl groups excluding tert-OH is 1. The van der Waals surface area contributed by atoms with Gasteiger partial charge in [0.2, 0.25) is 0 Å². The van der Waals surface area contributed by atoms with Crippen molar-refractivity contribution in [3.8, 4) is 5.69 Å². The summed E-state index contributed by atoms with van der Waals surface area (Å²) in [6, 6.07) is 18.1. The third kappa shape index (κ3) is 4.45. The molecule has 7 heteroatoms. The molecule has 7 nitrogen and oxygen atoms in total. The highest BCUT2D eigenvalue weighted by Gasteiger charge is 2.26. The molecule has 0 spiro atoms. The summed E-state index contributed by atoms with van der Waals surface area (Å²) in [5.74, 6) is 0.129. The summed E-state index contributed by atoms with van der Waals surface area (Å²) in [6.45, 7) is 9.08. The molecule has 1 aliphatic carbocycles. The van der Waals surface area contributed by atoms with Gasteiger partial charge in [-0.25, -0.2) is 9.53 Å². The number of aromatic nitrogens is 3. The molecule has 1 fully saturated rings. The Morgan fingerprint density at radius 1 is 1.15 bits per heavy atom. The number of nitrogens with one attached hydrogen (secondary N) is 1. The molecular formula is C27H23N5O2. The summed E-state index contributed by atoms with van der Waals surface area (Å²) in [4.78, 5) is 20.9. The van der Waals surface area contributed by atoms with Crippen molar-refractivity contribution in [2.24, 2.45) is 0 Å². The summed E-state index contributed by atoms with van der Waals surface area (Å²) < 4.78 is 1.55. The van der Waals surface area contributed by atoms with Crippen molar-refractivity contribution in [1.29, 1.82) is 0 Å². The van der Waals surface area contributed by atoms with Crippen molar-refractivity contribution in [3.05, 3.63) is 113 Å². The van der Waals surface area contributed by atoms with Gasteiger partial charge in [-0.1, -0.05) is 24.3 Å². The lowest BCUT2D eigenvalue weighted by Gasteiger charge is -2.16. The fourth-order valence-electron chi connectivity index (χ4n) is 4.04. The average molecular weight is 450 g/mol. The second-order valence-electron chi connectivity index (χ2n) is 8.52. The van der Waals surface area contributed by atoms with Gasteiger partial charge < -0.3 is 10.4 Å². The smallest absolute Gasteiger partial charge is 0.274 e. The zero-order valence-corrected chi connectivity index (χ0v) is 18.6. The Morgan fingerprint density at radius 2 is 2.00 bits per heavy atom. The van der Waals surface area contributed by atoms with Crippen LogP contribution in [0.4, 0.5) is 11.4 Å². The van der Waals surface area contributed by atoms with Crippen LogP contribution in [0.2, 0.25) is 0 Å². The lowest BCUT2D eigenvalue weighted by Crippen LogP contribution is -2.17. The van der Waals surface area contributed by atoms with E-state index in [9.17, 15) is 9.90 Å². The summed E-state index contributed by atoms with van der Waals surface area (Å²) in [5.41, 5.74) is 5.30. The van der Waals surface area contributed by atoms with Crippen LogP contribution in [0.3, 0.4) is 0 Å². The predicted molar refractivity (Wildman–Crippen MR) is 129 cm³/mol. The van der Waals surface area contributed by atoms with E-state index in [4.69, 9.17) is 6.57 Å². The Labute approximate surface area is 197 Å². The molecule has 1 unspecified atom stereocenters. The fraction of sp³-hybridized carbons (Fsp3) is 0.185. The molecule has 2 N–H and O–H groups in total. The summed E-state index contributed by atoms with van der Waals surface area (Å²) >= 11 is 0. The zero-order chi connectivity index (χ0) is 23.7. The third-order valence-electron chi connectivity index (χ3n) is 5.87. The van der Waals surface area contributed by atoms with Gasteiger partial charge in [0.25, 0.3) is 5.91 Å². The van der Waals surface area contributed by atoms with Gasteiger partial charge in [-0.05, 0) is 73.2 Å². The van der Waals surface area contributed by atoms with E-state index in [0.29, 0.717) is 45.5 Å². The number of carbonyl (C=O) groups excluding carboxylic acids is 1. The highest BCUT2D eigenvalue weighted by atomic mass is 16.3. The van der Waals surface area contributed by atoms with Gasteiger partial charge in [-0.2, -0.15) is 5.10 Å². The largest absolute Gasteiger partial charge is 0.384 e. The molecule has 4 aromatic rings. The molecule has 2 aromatic heterocycles. The Balaban J connectivity index is 1.48. The van der Waals surface area contributed by atoms with Gasteiger partial charge in [-0.15, -0.1) is 0 Å². The first-order valence-corrected chi connectivity index (χ1v) is 11.1. The van der Waals surface area contributed by atoms with Crippen LogP contribution in [0, 0.1) is 13.5 Å². The van der Waals surface area contributed by atoms with Gasteiger partial charge >= 0.3 is 0 Å². The molecule has 34 heavy (non-hydrogen) atoms. The summed E-state index contributed by atoms with van der Waals surface area (Å²) in [5, 5.41) is 18.4. The average Bonchev–Trinajstić information content (AvgIpc) is 3.65. The van der Waals surface area contributed by atoms with E-state index >= 15 is 0 Å². The van der Waals surface area contributed by atoms with Crippen molar-refractivity contribution in [2.45, 2.75) is 31.8 Å².